The molecule has 0 unspecified atom stereocenters. The molecule has 0 atom stereocenters. The van der Waals surface area contributed by atoms with Crippen molar-refractivity contribution in [3.8, 4) is 16.8 Å². The maximum Gasteiger partial charge on any atom is 0.254 e. The van der Waals surface area contributed by atoms with Crippen LogP contribution in [0.4, 0.5) is 5.82 Å². The maximum absolute atomic E-state index is 13.4. The van der Waals surface area contributed by atoms with Crippen LogP contribution in [0.5, 0.6) is 0 Å². The van der Waals surface area contributed by atoms with E-state index in [1.165, 1.54) is 0 Å². The Morgan fingerprint density at radius 2 is 1.69 bits per heavy atom. The lowest BCUT2D eigenvalue weighted by Gasteiger charge is -2.22. The lowest BCUT2D eigenvalue weighted by molar-refractivity contribution is -0.116. The molecule has 4 aromatic rings. The van der Waals surface area contributed by atoms with Crippen LogP contribution in [-0.2, 0) is 4.79 Å². The summed E-state index contributed by atoms with van der Waals surface area (Å²) in [4.78, 5) is 28.2. The first kappa shape index (κ1) is 25.4. The Kier molecular flexibility index (Phi) is 8.00. The molecule has 0 bridgehead atoms. The van der Waals surface area contributed by atoms with Crippen LogP contribution in [-0.4, -0.2) is 39.6 Å². The van der Waals surface area contributed by atoms with Crippen molar-refractivity contribution in [1.82, 2.24) is 14.7 Å². The van der Waals surface area contributed by atoms with E-state index in [4.69, 9.17) is 5.10 Å². The summed E-state index contributed by atoms with van der Waals surface area (Å²) in [5, 5.41) is 7.84. The van der Waals surface area contributed by atoms with Crippen LogP contribution in [0.2, 0.25) is 0 Å². The lowest BCUT2D eigenvalue weighted by atomic mass is 10.1. The molecular formula is C29H29BrN4O2. The summed E-state index contributed by atoms with van der Waals surface area (Å²) in [5.74, 6) is 0.121. The summed E-state index contributed by atoms with van der Waals surface area (Å²) in [6, 6.07) is 25.1. The second-order valence-corrected chi connectivity index (χ2v) is 9.62. The first-order valence-electron chi connectivity index (χ1n) is 11.9. The van der Waals surface area contributed by atoms with Gasteiger partial charge in [-0.05, 0) is 56.2 Å². The SMILES string of the molecule is CCCN(CC(=O)Nc1c(-c2ccccc2)c(C)nn1-c1ccc(C)cc1)C(=O)c1cccc(Br)c1. The van der Waals surface area contributed by atoms with Crippen LogP contribution in [0.15, 0.2) is 83.3 Å². The van der Waals surface area contributed by atoms with Gasteiger partial charge in [-0.25, -0.2) is 4.68 Å². The third-order valence-electron chi connectivity index (χ3n) is 5.85. The molecular weight excluding hydrogens is 516 g/mol. The molecule has 0 aliphatic carbocycles. The van der Waals surface area contributed by atoms with E-state index in [0.717, 1.165) is 39.0 Å². The molecule has 0 fully saturated rings. The number of carbonyl (C=O) groups excluding carboxylic acids is 2. The zero-order valence-corrected chi connectivity index (χ0v) is 22.2. The minimum atomic E-state index is -0.280. The second kappa shape index (κ2) is 11.4. The monoisotopic (exact) mass is 544 g/mol. The van der Waals surface area contributed by atoms with Gasteiger partial charge in [0, 0.05) is 22.1 Å². The molecule has 36 heavy (non-hydrogen) atoms. The summed E-state index contributed by atoms with van der Waals surface area (Å²) in [6.07, 6.45) is 0.739. The average Bonchev–Trinajstić information content (AvgIpc) is 3.19. The zero-order chi connectivity index (χ0) is 25.7. The minimum absolute atomic E-state index is 0.0639. The van der Waals surface area contributed by atoms with E-state index in [9.17, 15) is 9.59 Å². The van der Waals surface area contributed by atoms with Gasteiger partial charge in [-0.3, -0.25) is 9.59 Å². The molecule has 1 heterocycles. The quantitative estimate of drug-likeness (QED) is 0.278. The van der Waals surface area contributed by atoms with Gasteiger partial charge in [0.2, 0.25) is 5.91 Å². The second-order valence-electron chi connectivity index (χ2n) is 8.71. The number of benzene rings is 3. The fourth-order valence-electron chi connectivity index (χ4n) is 4.14. The summed E-state index contributed by atoms with van der Waals surface area (Å²) >= 11 is 3.42. The van der Waals surface area contributed by atoms with Crippen LogP contribution in [0.3, 0.4) is 0 Å². The van der Waals surface area contributed by atoms with Crippen molar-refractivity contribution >= 4 is 33.6 Å². The van der Waals surface area contributed by atoms with Crippen molar-refractivity contribution in [2.45, 2.75) is 27.2 Å². The van der Waals surface area contributed by atoms with Gasteiger partial charge in [0.05, 0.1) is 11.4 Å². The molecule has 1 aromatic heterocycles. The number of halogens is 1. The van der Waals surface area contributed by atoms with E-state index in [0.29, 0.717) is 17.9 Å². The Morgan fingerprint density at radius 3 is 2.36 bits per heavy atom. The topological polar surface area (TPSA) is 67.2 Å². The number of nitrogens with one attached hydrogen (secondary N) is 1. The van der Waals surface area contributed by atoms with Gasteiger partial charge in [0.15, 0.2) is 0 Å². The Labute approximate surface area is 220 Å². The van der Waals surface area contributed by atoms with E-state index in [-0.39, 0.29) is 18.4 Å². The molecule has 0 spiro atoms. The fourth-order valence-corrected chi connectivity index (χ4v) is 4.54. The predicted octanol–water partition coefficient (Wildman–Crippen LogP) is 6.41. The average molecular weight is 545 g/mol. The van der Waals surface area contributed by atoms with Gasteiger partial charge in [-0.1, -0.05) is 76.9 Å². The van der Waals surface area contributed by atoms with Gasteiger partial charge in [0.25, 0.3) is 5.91 Å². The zero-order valence-electron chi connectivity index (χ0n) is 20.7. The van der Waals surface area contributed by atoms with Gasteiger partial charge in [0.1, 0.15) is 12.4 Å². The Bertz CT molecular complexity index is 1360. The third-order valence-corrected chi connectivity index (χ3v) is 6.34. The third kappa shape index (κ3) is 5.74. The molecule has 184 valence electrons. The van der Waals surface area contributed by atoms with Gasteiger partial charge in [-0.2, -0.15) is 5.10 Å². The number of hydrogen-bond donors (Lipinski definition) is 1. The van der Waals surface area contributed by atoms with Crippen molar-refractivity contribution in [1.29, 1.82) is 0 Å². The van der Waals surface area contributed by atoms with Crippen LogP contribution >= 0.6 is 15.9 Å². The number of aromatic nitrogens is 2. The largest absolute Gasteiger partial charge is 0.329 e. The van der Waals surface area contributed by atoms with Crippen molar-refractivity contribution in [2.24, 2.45) is 0 Å². The minimum Gasteiger partial charge on any atom is -0.329 e. The lowest BCUT2D eigenvalue weighted by Crippen LogP contribution is -2.38. The first-order chi connectivity index (χ1) is 17.4. The highest BCUT2D eigenvalue weighted by Crippen LogP contribution is 2.33. The van der Waals surface area contributed by atoms with Crippen molar-refractivity contribution in [2.75, 3.05) is 18.4 Å². The number of amides is 2. The molecule has 2 amide bonds. The van der Waals surface area contributed by atoms with Crippen molar-refractivity contribution in [3.63, 3.8) is 0 Å². The van der Waals surface area contributed by atoms with Crippen molar-refractivity contribution in [3.05, 3.63) is 100 Å². The Hall–Kier alpha value is -3.71. The molecule has 7 heteroatoms. The maximum atomic E-state index is 13.4. The summed E-state index contributed by atoms with van der Waals surface area (Å²) in [6.45, 7) is 6.36. The molecule has 4 rings (SSSR count). The highest BCUT2D eigenvalue weighted by atomic mass is 79.9. The van der Waals surface area contributed by atoms with Crippen LogP contribution in [0, 0.1) is 13.8 Å². The van der Waals surface area contributed by atoms with Gasteiger partial charge >= 0.3 is 0 Å². The molecule has 0 radical (unpaired) electrons. The number of rotatable bonds is 8. The van der Waals surface area contributed by atoms with E-state index >= 15 is 0 Å². The normalized spacial score (nSPS) is 10.8. The number of nitrogens with zero attached hydrogens (tertiary/aromatic N) is 3. The molecule has 0 aliphatic rings. The summed E-state index contributed by atoms with van der Waals surface area (Å²) in [7, 11) is 0. The Morgan fingerprint density at radius 1 is 0.972 bits per heavy atom. The first-order valence-corrected chi connectivity index (χ1v) is 12.7. The number of carbonyl (C=O) groups is 2. The molecule has 6 nitrogen and oxygen atoms in total. The molecule has 3 aromatic carbocycles. The van der Waals surface area contributed by atoms with Crippen LogP contribution < -0.4 is 5.32 Å². The van der Waals surface area contributed by atoms with E-state index in [1.807, 2.05) is 87.5 Å². The van der Waals surface area contributed by atoms with Crippen LogP contribution in [0.1, 0.15) is 35.0 Å². The smallest absolute Gasteiger partial charge is 0.254 e. The van der Waals surface area contributed by atoms with Gasteiger partial charge in [-0.15, -0.1) is 0 Å². The molecule has 0 saturated heterocycles. The molecule has 0 aliphatic heterocycles. The van der Waals surface area contributed by atoms with E-state index in [1.54, 1.807) is 21.7 Å². The van der Waals surface area contributed by atoms with E-state index in [2.05, 4.69) is 21.2 Å². The predicted molar refractivity (Wildman–Crippen MR) is 147 cm³/mol. The number of aryl methyl sites for hydroxylation is 2. The summed E-state index contributed by atoms with van der Waals surface area (Å²) in [5.41, 5.74) is 5.13. The molecule has 1 N–H and O–H groups in total. The number of hydrogen-bond acceptors (Lipinski definition) is 3. The Balaban J connectivity index is 1.67. The highest BCUT2D eigenvalue weighted by Gasteiger charge is 2.23. The standard InChI is InChI=1S/C29H29BrN4O2/c1-4-17-33(29(36)23-11-8-12-24(30)18-23)19-26(35)31-28-27(22-9-6-5-7-10-22)21(3)32-34(28)25-15-13-20(2)14-16-25/h5-16,18H,4,17,19H2,1-3H3,(H,31,35). The molecule has 0 saturated carbocycles. The van der Waals surface area contributed by atoms with E-state index < -0.39 is 0 Å². The number of anilines is 1. The summed E-state index contributed by atoms with van der Waals surface area (Å²) < 4.78 is 2.58. The fraction of sp³-hybridized carbons (Fsp3) is 0.207. The van der Waals surface area contributed by atoms with Gasteiger partial charge < -0.3 is 10.2 Å². The van der Waals surface area contributed by atoms with Crippen molar-refractivity contribution < 1.29 is 9.59 Å². The van der Waals surface area contributed by atoms with Crippen LogP contribution in [0.25, 0.3) is 16.8 Å². The highest BCUT2D eigenvalue weighted by molar-refractivity contribution is 9.10.